The van der Waals surface area contributed by atoms with Crippen LogP contribution in [0.1, 0.15) is 11.1 Å². The summed E-state index contributed by atoms with van der Waals surface area (Å²) in [5.74, 6) is -0.549. The van der Waals surface area contributed by atoms with E-state index in [1.807, 2.05) is 24.3 Å². The fraction of sp³-hybridized carbons (Fsp3) is 0.0625. The Morgan fingerprint density at radius 1 is 1.10 bits per heavy atom. The molecule has 4 nitrogen and oxygen atoms in total. The lowest BCUT2D eigenvalue weighted by atomic mass is 10.2. The molecule has 3 N–H and O–H groups in total. The summed E-state index contributed by atoms with van der Waals surface area (Å²) in [6, 6.07) is 15.9. The number of carbonyl (C=O) groups excluding carboxylic acids is 1. The van der Waals surface area contributed by atoms with Gasteiger partial charge in [-0.15, -0.1) is 0 Å². The molecular weight excluding hydrogens is 284 g/mol. The molecule has 0 spiro atoms. The maximum Gasteiger partial charge on any atom is 0.267 e. The summed E-state index contributed by atoms with van der Waals surface area (Å²) in [4.78, 5) is 12.0. The van der Waals surface area contributed by atoms with Gasteiger partial charge in [0.05, 0.1) is 0 Å². The van der Waals surface area contributed by atoms with Crippen molar-refractivity contribution in [2.45, 2.75) is 11.8 Å². The Morgan fingerprint density at radius 2 is 1.76 bits per heavy atom. The molecule has 21 heavy (non-hydrogen) atoms. The van der Waals surface area contributed by atoms with Crippen LogP contribution in [0.5, 0.6) is 0 Å². The van der Waals surface area contributed by atoms with Gasteiger partial charge in [0.1, 0.15) is 0 Å². The van der Waals surface area contributed by atoms with E-state index >= 15 is 0 Å². The normalized spacial score (nSPS) is 10.6. The topological polar surface area (TPSA) is 61.4 Å². The van der Waals surface area contributed by atoms with Crippen LogP contribution in [-0.4, -0.2) is 11.1 Å². The van der Waals surface area contributed by atoms with E-state index < -0.39 is 5.91 Å². The second-order valence-corrected chi connectivity index (χ2v) is 5.33. The molecule has 0 heterocycles. The second-order valence-electron chi connectivity index (χ2n) is 4.45. The smallest absolute Gasteiger partial charge is 0.267 e. The molecule has 0 aliphatic heterocycles. The number of anilines is 1. The van der Waals surface area contributed by atoms with Crippen molar-refractivity contribution in [3.63, 3.8) is 0 Å². The average molecular weight is 300 g/mol. The van der Waals surface area contributed by atoms with Gasteiger partial charge in [0, 0.05) is 16.7 Å². The van der Waals surface area contributed by atoms with Crippen molar-refractivity contribution in [1.82, 2.24) is 5.48 Å². The lowest BCUT2D eigenvalue weighted by molar-refractivity contribution is -0.124. The summed E-state index contributed by atoms with van der Waals surface area (Å²) in [5.41, 5.74) is 4.64. The molecule has 108 valence electrons. The van der Waals surface area contributed by atoms with E-state index in [-0.39, 0.29) is 0 Å². The molecular formula is C16H16N2O2S. The Bertz CT molecular complexity index is 622. The van der Waals surface area contributed by atoms with Crippen LogP contribution in [0.3, 0.4) is 0 Å². The molecule has 2 aromatic carbocycles. The highest BCUT2D eigenvalue weighted by Crippen LogP contribution is 2.21. The van der Waals surface area contributed by atoms with E-state index in [0.29, 0.717) is 0 Å². The Labute approximate surface area is 128 Å². The molecule has 0 unspecified atom stereocenters. The van der Waals surface area contributed by atoms with Gasteiger partial charge >= 0.3 is 0 Å². The van der Waals surface area contributed by atoms with Gasteiger partial charge in [0.2, 0.25) is 0 Å². The minimum atomic E-state index is -0.549. The molecule has 0 aliphatic rings. The van der Waals surface area contributed by atoms with Gasteiger partial charge in [-0.05, 0) is 54.8 Å². The highest BCUT2D eigenvalue weighted by atomic mass is 32.2. The second kappa shape index (κ2) is 7.52. The number of nitrogens with one attached hydrogen (secondary N) is 2. The highest BCUT2D eigenvalue weighted by molar-refractivity contribution is 8.00. The van der Waals surface area contributed by atoms with Crippen molar-refractivity contribution in [2.75, 3.05) is 4.72 Å². The first-order valence-corrected chi connectivity index (χ1v) is 7.21. The van der Waals surface area contributed by atoms with Crippen LogP contribution < -0.4 is 10.2 Å². The number of carbonyl (C=O) groups is 1. The van der Waals surface area contributed by atoms with Crippen LogP contribution >= 0.6 is 11.9 Å². The maximum atomic E-state index is 10.9. The lowest BCUT2D eigenvalue weighted by Gasteiger charge is -2.06. The third kappa shape index (κ3) is 4.98. The first-order chi connectivity index (χ1) is 10.2. The van der Waals surface area contributed by atoms with Crippen LogP contribution in [0.4, 0.5) is 5.69 Å². The Kier molecular flexibility index (Phi) is 5.43. The van der Waals surface area contributed by atoms with Crippen molar-refractivity contribution in [3.05, 3.63) is 65.7 Å². The summed E-state index contributed by atoms with van der Waals surface area (Å²) >= 11 is 1.54. The van der Waals surface area contributed by atoms with Gasteiger partial charge in [-0.3, -0.25) is 10.0 Å². The SMILES string of the molecule is Cc1ccc(SNc2ccc(/C=C/C(=O)NO)cc2)cc1. The number of hydrogen-bond donors (Lipinski definition) is 3. The number of benzene rings is 2. The zero-order valence-corrected chi connectivity index (χ0v) is 12.4. The van der Waals surface area contributed by atoms with Gasteiger partial charge < -0.3 is 4.72 Å². The van der Waals surface area contributed by atoms with Crippen molar-refractivity contribution in [1.29, 1.82) is 0 Å². The van der Waals surface area contributed by atoms with E-state index in [2.05, 4.69) is 35.9 Å². The van der Waals surface area contributed by atoms with Gasteiger partial charge in [-0.1, -0.05) is 29.8 Å². The number of amides is 1. The molecule has 1 amide bonds. The highest BCUT2D eigenvalue weighted by Gasteiger charge is 1.96. The molecule has 0 radical (unpaired) electrons. The molecule has 0 aromatic heterocycles. The number of hydroxylamine groups is 1. The van der Waals surface area contributed by atoms with Crippen LogP contribution in [0, 0.1) is 6.92 Å². The van der Waals surface area contributed by atoms with Gasteiger partial charge in [0.25, 0.3) is 5.91 Å². The summed E-state index contributed by atoms with van der Waals surface area (Å²) in [7, 11) is 0. The van der Waals surface area contributed by atoms with Gasteiger partial charge in [-0.2, -0.15) is 0 Å². The molecule has 0 saturated heterocycles. The molecule has 0 fully saturated rings. The molecule has 0 aliphatic carbocycles. The minimum Gasteiger partial charge on any atom is -0.326 e. The quantitative estimate of drug-likeness (QED) is 0.341. The molecule has 0 saturated carbocycles. The minimum absolute atomic E-state index is 0.549. The fourth-order valence-corrected chi connectivity index (χ4v) is 2.24. The zero-order valence-electron chi connectivity index (χ0n) is 11.5. The summed E-state index contributed by atoms with van der Waals surface area (Å²) in [5, 5.41) is 8.39. The summed E-state index contributed by atoms with van der Waals surface area (Å²) in [6.45, 7) is 2.06. The molecule has 2 rings (SSSR count). The van der Waals surface area contributed by atoms with Crippen LogP contribution in [0.15, 0.2) is 59.5 Å². The largest absolute Gasteiger partial charge is 0.326 e. The Hall–Kier alpha value is -2.24. The number of aryl methyl sites for hydroxylation is 1. The number of hydrogen-bond acceptors (Lipinski definition) is 4. The first-order valence-electron chi connectivity index (χ1n) is 6.39. The number of rotatable bonds is 5. The Balaban J connectivity index is 1.91. The molecule has 5 heteroatoms. The van der Waals surface area contributed by atoms with E-state index in [9.17, 15) is 4.79 Å². The van der Waals surface area contributed by atoms with Gasteiger partial charge in [-0.25, -0.2) is 5.48 Å². The predicted octanol–water partition coefficient (Wildman–Crippen LogP) is 3.63. The van der Waals surface area contributed by atoms with Crippen molar-refractivity contribution in [2.24, 2.45) is 0 Å². The standard InChI is InChI=1S/C16H16N2O2S/c1-12-2-9-15(10-3-12)21-18-14-7-4-13(5-8-14)6-11-16(19)17-20/h2-11,18,20H,1H3,(H,17,19)/b11-6+. The zero-order chi connectivity index (χ0) is 15.1. The molecule has 0 bridgehead atoms. The summed E-state index contributed by atoms with van der Waals surface area (Å²) in [6.07, 6.45) is 2.89. The van der Waals surface area contributed by atoms with Crippen molar-refractivity contribution < 1.29 is 10.0 Å². The molecule has 2 aromatic rings. The van der Waals surface area contributed by atoms with E-state index in [1.54, 1.807) is 23.5 Å². The van der Waals surface area contributed by atoms with E-state index in [4.69, 9.17) is 5.21 Å². The first kappa shape index (κ1) is 15.2. The van der Waals surface area contributed by atoms with E-state index in [0.717, 1.165) is 16.1 Å². The van der Waals surface area contributed by atoms with Crippen molar-refractivity contribution in [3.8, 4) is 0 Å². The van der Waals surface area contributed by atoms with Gasteiger partial charge in [0.15, 0.2) is 0 Å². The third-order valence-electron chi connectivity index (χ3n) is 2.76. The van der Waals surface area contributed by atoms with Crippen LogP contribution in [-0.2, 0) is 4.79 Å². The van der Waals surface area contributed by atoms with Crippen LogP contribution in [0.2, 0.25) is 0 Å². The lowest BCUT2D eigenvalue weighted by Crippen LogP contribution is -2.14. The molecule has 0 atom stereocenters. The van der Waals surface area contributed by atoms with Crippen LogP contribution in [0.25, 0.3) is 6.08 Å². The Morgan fingerprint density at radius 3 is 2.38 bits per heavy atom. The summed E-state index contributed by atoms with van der Waals surface area (Å²) < 4.78 is 3.26. The predicted molar refractivity (Wildman–Crippen MR) is 86.1 cm³/mol. The average Bonchev–Trinajstić information content (AvgIpc) is 2.53. The third-order valence-corrected chi connectivity index (χ3v) is 3.60. The fourth-order valence-electron chi connectivity index (χ4n) is 1.60. The van der Waals surface area contributed by atoms with Crippen molar-refractivity contribution >= 4 is 29.6 Å². The maximum absolute atomic E-state index is 10.9. The monoisotopic (exact) mass is 300 g/mol. The van der Waals surface area contributed by atoms with E-state index in [1.165, 1.54) is 11.6 Å².